The third-order valence-corrected chi connectivity index (χ3v) is 7.48. The van der Waals surface area contributed by atoms with Crippen LogP contribution in [0.15, 0.2) is 59.5 Å². The second-order valence-electron chi connectivity index (χ2n) is 7.92. The lowest BCUT2D eigenvalue weighted by Gasteiger charge is -2.29. The molecule has 0 fully saturated rings. The number of rotatable bonds is 10. The highest BCUT2D eigenvalue weighted by molar-refractivity contribution is 7.90. The van der Waals surface area contributed by atoms with E-state index in [2.05, 4.69) is 5.32 Å². The van der Waals surface area contributed by atoms with Crippen molar-refractivity contribution in [3.63, 3.8) is 0 Å². The molecule has 0 saturated heterocycles. The van der Waals surface area contributed by atoms with Crippen LogP contribution in [-0.4, -0.2) is 61.0 Å². The lowest BCUT2D eigenvalue weighted by atomic mass is 10.1. The summed E-state index contributed by atoms with van der Waals surface area (Å²) in [7, 11) is -3.99. The molecule has 1 atom stereocenters. The first-order valence-corrected chi connectivity index (χ1v) is 12.5. The van der Waals surface area contributed by atoms with E-state index in [0.29, 0.717) is 19.5 Å². The molecule has 2 aromatic rings. The Balaban J connectivity index is 1.72. The summed E-state index contributed by atoms with van der Waals surface area (Å²) >= 11 is 0. The van der Waals surface area contributed by atoms with Gasteiger partial charge in [-0.2, -0.15) is 0 Å². The van der Waals surface area contributed by atoms with Gasteiger partial charge in [0.15, 0.2) is 0 Å². The third-order valence-electron chi connectivity index (χ3n) is 5.64. The number of sulfonamides is 1. The fourth-order valence-corrected chi connectivity index (χ4v) is 5.33. The van der Waals surface area contributed by atoms with Gasteiger partial charge in [0.1, 0.15) is 10.9 Å². The molecular weight excluding hydrogens is 442 g/mol. The molecule has 2 aromatic carbocycles. The van der Waals surface area contributed by atoms with Gasteiger partial charge >= 0.3 is 0 Å². The predicted octanol–water partition coefficient (Wildman–Crippen LogP) is 2.21. The summed E-state index contributed by atoms with van der Waals surface area (Å²) in [6.07, 6.45) is 1.11. The maximum atomic E-state index is 13.1. The van der Waals surface area contributed by atoms with E-state index in [1.54, 1.807) is 19.1 Å². The predicted molar refractivity (Wildman–Crippen MR) is 124 cm³/mol. The molecule has 3 rings (SSSR count). The van der Waals surface area contributed by atoms with Gasteiger partial charge in [0.05, 0.1) is 5.56 Å². The number of carbonyl (C=O) groups excluding carboxylic acids is 3. The van der Waals surface area contributed by atoms with E-state index in [4.69, 9.17) is 0 Å². The average Bonchev–Trinajstić information content (AvgIpc) is 3.01. The van der Waals surface area contributed by atoms with Gasteiger partial charge in [0.2, 0.25) is 11.8 Å². The first-order valence-electron chi connectivity index (χ1n) is 11.0. The summed E-state index contributed by atoms with van der Waals surface area (Å²) in [4.78, 5) is 39.7. The van der Waals surface area contributed by atoms with Crippen molar-refractivity contribution >= 4 is 27.7 Å². The molecule has 1 heterocycles. The van der Waals surface area contributed by atoms with E-state index in [1.165, 1.54) is 17.0 Å². The van der Waals surface area contributed by atoms with Crippen LogP contribution in [0.25, 0.3) is 0 Å². The maximum absolute atomic E-state index is 13.1. The zero-order valence-corrected chi connectivity index (χ0v) is 19.7. The summed E-state index contributed by atoms with van der Waals surface area (Å²) < 4.78 is 26.3. The van der Waals surface area contributed by atoms with Gasteiger partial charge in [-0.3, -0.25) is 14.4 Å². The largest absolute Gasteiger partial charge is 0.354 e. The molecule has 1 aliphatic heterocycles. The van der Waals surface area contributed by atoms with E-state index in [9.17, 15) is 22.8 Å². The lowest BCUT2D eigenvalue weighted by molar-refractivity contribution is -0.139. The molecule has 176 valence electrons. The molecule has 0 bridgehead atoms. The minimum Gasteiger partial charge on any atom is -0.354 e. The monoisotopic (exact) mass is 471 g/mol. The quantitative estimate of drug-likeness (QED) is 0.572. The van der Waals surface area contributed by atoms with Crippen molar-refractivity contribution in [2.24, 2.45) is 0 Å². The first kappa shape index (κ1) is 24.4. The molecule has 0 radical (unpaired) electrons. The fraction of sp³-hybridized carbons (Fsp3) is 0.375. The Morgan fingerprint density at radius 3 is 2.39 bits per heavy atom. The molecule has 8 nitrogen and oxygen atoms in total. The van der Waals surface area contributed by atoms with Gasteiger partial charge < -0.3 is 10.2 Å². The Labute approximate surface area is 194 Å². The lowest BCUT2D eigenvalue weighted by Crippen LogP contribution is -2.49. The second-order valence-corrected chi connectivity index (χ2v) is 9.75. The molecular formula is C24H29N3O5S. The number of hydrogen-bond acceptors (Lipinski definition) is 5. The van der Waals surface area contributed by atoms with Crippen molar-refractivity contribution in [1.29, 1.82) is 0 Å². The summed E-state index contributed by atoms with van der Waals surface area (Å²) in [5.74, 6) is -1.29. The number of benzene rings is 2. The van der Waals surface area contributed by atoms with E-state index < -0.39 is 22.0 Å². The van der Waals surface area contributed by atoms with Crippen LogP contribution in [0.5, 0.6) is 0 Å². The van der Waals surface area contributed by atoms with Crippen LogP contribution in [0.2, 0.25) is 0 Å². The van der Waals surface area contributed by atoms with Crippen molar-refractivity contribution in [2.75, 3.05) is 19.6 Å². The van der Waals surface area contributed by atoms with Crippen LogP contribution in [0.3, 0.4) is 0 Å². The van der Waals surface area contributed by atoms with Crippen LogP contribution in [0.4, 0.5) is 0 Å². The van der Waals surface area contributed by atoms with Crippen LogP contribution in [0, 0.1) is 0 Å². The Morgan fingerprint density at radius 1 is 1.06 bits per heavy atom. The van der Waals surface area contributed by atoms with Crippen molar-refractivity contribution in [2.45, 2.75) is 44.0 Å². The molecule has 33 heavy (non-hydrogen) atoms. The number of nitrogens with one attached hydrogen (secondary N) is 1. The van der Waals surface area contributed by atoms with Gasteiger partial charge in [0.25, 0.3) is 15.9 Å². The zero-order valence-electron chi connectivity index (χ0n) is 18.9. The molecule has 0 unspecified atom stereocenters. The van der Waals surface area contributed by atoms with Gasteiger partial charge in [-0.1, -0.05) is 49.4 Å². The summed E-state index contributed by atoms with van der Waals surface area (Å²) in [5.41, 5.74) is 1.13. The first-order chi connectivity index (χ1) is 15.8. The third kappa shape index (κ3) is 5.42. The van der Waals surface area contributed by atoms with Crippen molar-refractivity contribution in [3.8, 4) is 0 Å². The van der Waals surface area contributed by atoms with Gasteiger partial charge in [-0.25, -0.2) is 12.7 Å². The minimum absolute atomic E-state index is 0.0457. The van der Waals surface area contributed by atoms with Crippen molar-refractivity contribution in [1.82, 2.24) is 14.5 Å². The van der Waals surface area contributed by atoms with E-state index >= 15 is 0 Å². The summed E-state index contributed by atoms with van der Waals surface area (Å²) in [5, 5.41) is 2.80. The Hall–Kier alpha value is -3.20. The van der Waals surface area contributed by atoms with Crippen LogP contribution < -0.4 is 5.32 Å². The minimum atomic E-state index is -3.99. The second kappa shape index (κ2) is 10.6. The maximum Gasteiger partial charge on any atom is 0.269 e. The Kier molecular flexibility index (Phi) is 7.86. The Bertz CT molecular complexity index is 1120. The number of hydrogen-bond donors (Lipinski definition) is 1. The number of fused-ring (bicyclic) bond motifs is 1. The topological polar surface area (TPSA) is 104 Å². The number of amides is 3. The molecule has 0 aromatic heterocycles. The molecule has 1 aliphatic rings. The fourth-order valence-electron chi connectivity index (χ4n) is 3.76. The van der Waals surface area contributed by atoms with Gasteiger partial charge in [-0.05, 0) is 37.5 Å². The highest BCUT2D eigenvalue weighted by Gasteiger charge is 2.41. The van der Waals surface area contributed by atoms with Crippen LogP contribution in [0.1, 0.15) is 42.6 Å². The summed E-state index contributed by atoms with van der Waals surface area (Å²) in [6.45, 7) is 4.11. The average molecular weight is 472 g/mol. The molecule has 1 N–H and O–H groups in total. The van der Waals surface area contributed by atoms with Crippen LogP contribution >= 0.6 is 0 Å². The molecule has 0 aliphatic carbocycles. The molecule has 3 amide bonds. The normalized spacial score (nSPS) is 15.1. The van der Waals surface area contributed by atoms with Gasteiger partial charge in [-0.15, -0.1) is 0 Å². The van der Waals surface area contributed by atoms with E-state index in [1.807, 2.05) is 37.3 Å². The summed E-state index contributed by atoms with van der Waals surface area (Å²) in [6, 6.07) is 14.9. The highest BCUT2D eigenvalue weighted by Crippen LogP contribution is 2.30. The SMILES string of the molecule is CCCNC(=O)[C@@H](C)N(CCc1ccccc1)C(=O)CCN1C(=O)c2ccccc2S1(=O)=O. The van der Waals surface area contributed by atoms with Crippen molar-refractivity contribution < 1.29 is 22.8 Å². The number of carbonyl (C=O) groups is 3. The highest BCUT2D eigenvalue weighted by atomic mass is 32.2. The van der Waals surface area contributed by atoms with Crippen molar-refractivity contribution in [3.05, 3.63) is 65.7 Å². The number of nitrogens with zero attached hydrogens (tertiary/aromatic N) is 2. The Morgan fingerprint density at radius 2 is 1.73 bits per heavy atom. The smallest absolute Gasteiger partial charge is 0.269 e. The molecule has 0 saturated carbocycles. The standard InChI is InChI=1S/C24H29N3O5S/c1-3-15-25-23(29)18(2)26(16-13-19-9-5-4-6-10-19)22(28)14-17-27-24(30)20-11-7-8-12-21(20)33(27,31)32/h4-12,18H,3,13-17H2,1-2H3,(H,25,29)/t18-/m1/s1. The van der Waals surface area contributed by atoms with E-state index in [0.717, 1.165) is 16.3 Å². The van der Waals surface area contributed by atoms with E-state index in [-0.39, 0.29) is 35.2 Å². The van der Waals surface area contributed by atoms with Gasteiger partial charge in [0, 0.05) is 26.1 Å². The molecule has 0 spiro atoms. The van der Waals surface area contributed by atoms with Crippen LogP contribution in [-0.2, 0) is 26.0 Å². The molecule has 9 heteroatoms. The zero-order chi connectivity index (χ0) is 24.0.